The number of nitrogens with one attached hydrogen (secondary N) is 3. The Morgan fingerprint density at radius 1 is 1.12 bits per heavy atom. The lowest BCUT2D eigenvalue weighted by Gasteiger charge is -2.07. The summed E-state index contributed by atoms with van der Waals surface area (Å²) in [4.78, 5) is 23.3. The first-order valence-electron chi connectivity index (χ1n) is 7.01. The maximum Gasteiger partial charge on any atom is 0.319 e. The zero-order valence-corrected chi connectivity index (χ0v) is 14.2. The number of hydrogen-bond acceptors (Lipinski definition) is 3. The second-order valence-electron chi connectivity index (χ2n) is 4.78. The molecule has 3 amide bonds. The smallest absolute Gasteiger partial charge is 0.319 e. The van der Waals surface area contributed by atoms with E-state index in [-0.39, 0.29) is 6.54 Å². The molecule has 0 heterocycles. The molecule has 2 aromatic carbocycles. The summed E-state index contributed by atoms with van der Waals surface area (Å²) in [7, 11) is 0. The highest BCUT2D eigenvalue weighted by molar-refractivity contribution is 6.42. The van der Waals surface area contributed by atoms with E-state index in [1.54, 1.807) is 12.1 Å². The lowest BCUT2D eigenvalue weighted by Crippen LogP contribution is -2.37. The van der Waals surface area contributed by atoms with Gasteiger partial charge in [-0.3, -0.25) is 4.79 Å². The number of carbonyl (C=O) groups excluding carboxylic acids is 2. The van der Waals surface area contributed by atoms with Crippen molar-refractivity contribution in [2.24, 2.45) is 5.10 Å². The molecule has 0 unspecified atom stereocenters. The number of halogens is 3. The fourth-order valence-electron chi connectivity index (χ4n) is 1.71. The van der Waals surface area contributed by atoms with Crippen LogP contribution in [0.25, 0.3) is 0 Å². The van der Waals surface area contributed by atoms with Gasteiger partial charge in [0.2, 0.25) is 0 Å². The van der Waals surface area contributed by atoms with E-state index in [9.17, 15) is 14.0 Å². The number of carbonyl (C=O) groups is 2. The van der Waals surface area contributed by atoms with Crippen LogP contribution in [0.2, 0.25) is 10.0 Å². The Morgan fingerprint density at radius 2 is 1.92 bits per heavy atom. The fraction of sp³-hybridized carbons (Fsp3) is 0.0625. The minimum absolute atomic E-state index is 0.295. The molecule has 0 fully saturated rings. The number of rotatable bonds is 5. The lowest BCUT2D eigenvalue weighted by molar-refractivity contribution is -0.120. The minimum Gasteiger partial charge on any atom is -0.329 e. The van der Waals surface area contributed by atoms with Crippen LogP contribution in [0.4, 0.5) is 14.9 Å². The fourth-order valence-corrected chi connectivity index (χ4v) is 2.01. The van der Waals surface area contributed by atoms with Crippen molar-refractivity contribution in [1.29, 1.82) is 0 Å². The molecule has 0 spiro atoms. The Morgan fingerprint density at radius 3 is 2.64 bits per heavy atom. The van der Waals surface area contributed by atoms with Crippen LogP contribution < -0.4 is 16.1 Å². The zero-order valence-electron chi connectivity index (χ0n) is 12.7. The highest BCUT2D eigenvalue weighted by Gasteiger charge is 2.06. The number of anilines is 1. The van der Waals surface area contributed by atoms with Crippen molar-refractivity contribution in [3.63, 3.8) is 0 Å². The number of hydrazone groups is 1. The van der Waals surface area contributed by atoms with Gasteiger partial charge < -0.3 is 10.6 Å². The molecule has 3 N–H and O–H groups in total. The number of nitrogens with zero attached hydrogens (tertiary/aromatic N) is 1. The van der Waals surface area contributed by atoms with Crippen molar-refractivity contribution >= 4 is 47.0 Å². The second-order valence-corrected chi connectivity index (χ2v) is 5.60. The van der Waals surface area contributed by atoms with Gasteiger partial charge in [0.25, 0.3) is 5.91 Å². The Hall–Kier alpha value is -2.64. The van der Waals surface area contributed by atoms with E-state index >= 15 is 0 Å². The Kier molecular flexibility index (Phi) is 6.73. The number of benzene rings is 2. The van der Waals surface area contributed by atoms with Crippen LogP contribution in [0, 0.1) is 5.82 Å². The van der Waals surface area contributed by atoms with Crippen LogP contribution in [0.1, 0.15) is 5.56 Å². The molecule has 9 heteroatoms. The molecule has 0 saturated heterocycles. The van der Waals surface area contributed by atoms with Gasteiger partial charge in [-0.15, -0.1) is 0 Å². The van der Waals surface area contributed by atoms with Gasteiger partial charge >= 0.3 is 6.03 Å². The summed E-state index contributed by atoms with van der Waals surface area (Å²) in [5, 5.41) is 9.18. The highest BCUT2D eigenvalue weighted by atomic mass is 35.5. The third-order valence-corrected chi connectivity index (χ3v) is 3.58. The predicted octanol–water partition coefficient (Wildman–Crippen LogP) is 3.40. The van der Waals surface area contributed by atoms with E-state index in [1.165, 1.54) is 36.5 Å². The maximum absolute atomic E-state index is 13.0. The zero-order chi connectivity index (χ0) is 18.2. The van der Waals surface area contributed by atoms with Crippen molar-refractivity contribution in [3.8, 4) is 0 Å². The molecular weight excluding hydrogens is 370 g/mol. The first-order valence-corrected chi connectivity index (χ1v) is 7.77. The average molecular weight is 383 g/mol. The van der Waals surface area contributed by atoms with Crippen LogP contribution in [-0.4, -0.2) is 24.7 Å². The van der Waals surface area contributed by atoms with E-state index in [0.29, 0.717) is 21.3 Å². The van der Waals surface area contributed by atoms with Crippen LogP contribution >= 0.6 is 23.2 Å². The van der Waals surface area contributed by atoms with Crippen molar-refractivity contribution in [2.45, 2.75) is 0 Å². The van der Waals surface area contributed by atoms with Gasteiger partial charge in [0.1, 0.15) is 12.4 Å². The molecule has 25 heavy (non-hydrogen) atoms. The topological polar surface area (TPSA) is 82.6 Å². The summed E-state index contributed by atoms with van der Waals surface area (Å²) in [5.74, 6) is -0.951. The standard InChI is InChI=1S/C16H13Cl2FN4O2/c17-13-5-4-12(7-14(13)18)22-16(25)20-9-15(24)23-21-8-10-2-1-3-11(19)6-10/h1-8H,9H2,(H,23,24)(H2,20,22,25). The largest absolute Gasteiger partial charge is 0.329 e. The van der Waals surface area contributed by atoms with E-state index in [2.05, 4.69) is 21.2 Å². The van der Waals surface area contributed by atoms with E-state index < -0.39 is 17.8 Å². The van der Waals surface area contributed by atoms with Gasteiger partial charge in [0.15, 0.2) is 0 Å². The molecular formula is C16H13Cl2FN4O2. The van der Waals surface area contributed by atoms with Gasteiger partial charge in [0, 0.05) is 5.69 Å². The van der Waals surface area contributed by atoms with Crippen LogP contribution in [0.3, 0.4) is 0 Å². The summed E-state index contributed by atoms with van der Waals surface area (Å²) in [6.07, 6.45) is 1.29. The van der Waals surface area contributed by atoms with Gasteiger partial charge in [-0.2, -0.15) is 5.10 Å². The number of hydrogen-bond donors (Lipinski definition) is 3. The van der Waals surface area contributed by atoms with Crippen molar-refractivity contribution in [1.82, 2.24) is 10.7 Å². The molecule has 0 radical (unpaired) electrons. The third-order valence-electron chi connectivity index (χ3n) is 2.84. The average Bonchev–Trinajstić information content (AvgIpc) is 2.56. The molecule has 0 bridgehead atoms. The molecule has 0 aliphatic carbocycles. The summed E-state index contributed by atoms with van der Waals surface area (Å²) in [6.45, 7) is -0.298. The molecule has 2 rings (SSSR count). The first-order chi connectivity index (χ1) is 11.9. The van der Waals surface area contributed by atoms with E-state index in [4.69, 9.17) is 23.2 Å². The second kappa shape index (κ2) is 9.00. The molecule has 0 aromatic heterocycles. The maximum atomic E-state index is 13.0. The minimum atomic E-state index is -0.595. The predicted molar refractivity (Wildman–Crippen MR) is 95.6 cm³/mol. The van der Waals surface area contributed by atoms with Gasteiger partial charge in [-0.25, -0.2) is 14.6 Å². The molecule has 2 aromatic rings. The third kappa shape index (κ3) is 6.40. The van der Waals surface area contributed by atoms with Crippen molar-refractivity contribution in [3.05, 3.63) is 63.9 Å². The number of amides is 3. The lowest BCUT2D eigenvalue weighted by atomic mass is 10.2. The van der Waals surface area contributed by atoms with Crippen LogP contribution in [-0.2, 0) is 4.79 Å². The Labute approximate surface area is 153 Å². The summed E-state index contributed by atoms with van der Waals surface area (Å²) >= 11 is 11.6. The summed E-state index contributed by atoms with van der Waals surface area (Å²) < 4.78 is 13.0. The molecule has 0 aliphatic heterocycles. The summed E-state index contributed by atoms with van der Waals surface area (Å²) in [5.41, 5.74) is 3.13. The summed E-state index contributed by atoms with van der Waals surface area (Å²) in [6, 6.07) is 9.69. The quantitative estimate of drug-likeness (QED) is 0.546. The van der Waals surface area contributed by atoms with Gasteiger partial charge in [0.05, 0.1) is 16.3 Å². The van der Waals surface area contributed by atoms with Crippen LogP contribution in [0.5, 0.6) is 0 Å². The Bertz CT molecular complexity index is 814. The van der Waals surface area contributed by atoms with Crippen molar-refractivity contribution < 1.29 is 14.0 Å². The number of urea groups is 1. The van der Waals surface area contributed by atoms with Gasteiger partial charge in [-0.05, 0) is 35.9 Å². The van der Waals surface area contributed by atoms with E-state index in [0.717, 1.165) is 0 Å². The Balaban J connectivity index is 1.75. The molecule has 0 aliphatic rings. The molecule has 6 nitrogen and oxygen atoms in total. The van der Waals surface area contributed by atoms with Crippen LogP contribution in [0.15, 0.2) is 47.6 Å². The first kappa shape index (κ1) is 18.7. The molecule has 0 atom stereocenters. The highest BCUT2D eigenvalue weighted by Crippen LogP contribution is 2.24. The van der Waals surface area contributed by atoms with Gasteiger partial charge in [-0.1, -0.05) is 35.3 Å². The molecule has 0 saturated carbocycles. The van der Waals surface area contributed by atoms with E-state index in [1.807, 2.05) is 0 Å². The van der Waals surface area contributed by atoms with Crippen molar-refractivity contribution in [2.75, 3.05) is 11.9 Å². The normalized spacial score (nSPS) is 10.5. The SMILES string of the molecule is O=C(CNC(=O)Nc1ccc(Cl)c(Cl)c1)NN=Cc1cccc(F)c1. The monoisotopic (exact) mass is 382 g/mol. The molecule has 130 valence electrons.